The summed E-state index contributed by atoms with van der Waals surface area (Å²) < 4.78 is 42.0. The zero-order chi connectivity index (χ0) is 22.1. The van der Waals surface area contributed by atoms with Crippen LogP contribution in [-0.4, -0.2) is 56.1 Å². The Bertz CT molecular complexity index is 840. The number of ether oxygens (including phenoxy) is 1. The van der Waals surface area contributed by atoms with Gasteiger partial charge in [0.05, 0.1) is 6.54 Å². The van der Waals surface area contributed by atoms with E-state index >= 15 is 0 Å². The molecule has 0 saturated carbocycles. The van der Waals surface area contributed by atoms with Crippen molar-refractivity contribution in [2.24, 2.45) is 0 Å². The van der Waals surface area contributed by atoms with Crippen molar-refractivity contribution in [3.8, 4) is 5.75 Å². The number of alkyl halides is 3. The number of hydrogen-bond acceptors (Lipinski definition) is 4. The molecular weight excluding hydrogens is 421 g/mol. The second-order valence-electron chi connectivity index (χ2n) is 6.71. The lowest BCUT2D eigenvalue weighted by Gasteiger charge is -2.18. The number of benzene rings is 2. The van der Waals surface area contributed by atoms with Crippen molar-refractivity contribution < 1.29 is 27.5 Å². The summed E-state index contributed by atoms with van der Waals surface area (Å²) in [7, 11) is 1.37. The maximum Gasteiger partial charge on any atom is 0.401 e. The third-order valence-corrected chi connectivity index (χ3v) is 4.33. The maximum absolute atomic E-state index is 12.4. The van der Waals surface area contributed by atoms with E-state index in [1.54, 1.807) is 48.5 Å². The van der Waals surface area contributed by atoms with Crippen LogP contribution in [0.15, 0.2) is 48.5 Å². The Kier molecular flexibility index (Phi) is 8.68. The summed E-state index contributed by atoms with van der Waals surface area (Å²) in [6.45, 7) is -0.758. The third kappa shape index (κ3) is 8.42. The number of amides is 1. The van der Waals surface area contributed by atoms with Gasteiger partial charge >= 0.3 is 6.18 Å². The molecule has 2 rings (SSSR count). The molecule has 0 aliphatic rings. The first-order chi connectivity index (χ1) is 14.1. The van der Waals surface area contributed by atoms with E-state index in [1.165, 1.54) is 7.05 Å². The van der Waals surface area contributed by atoms with Crippen LogP contribution < -0.4 is 10.1 Å². The predicted molar refractivity (Wildman–Crippen MR) is 108 cm³/mol. The third-order valence-electron chi connectivity index (χ3n) is 4.08. The van der Waals surface area contributed by atoms with Crippen molar-refractivity contribution in [2.75, 3.05) is 33.3 Å². The second-order valence-corrected chi connectivity index (χ2v) is 7.14. The molecule has 0 aromatic heterocycles. The maximum atomic E-state index is 12.4. The van der Waals surface area contributed by atoms with Crippen LogP contribution in [0.5, 0.6) is 5.75 Å². The molecule has 30 heavy (non-hydrogen) atoms. The lowest BCUT2D eigenvalue weighted by molar-refractivity contribution is -0.143. The van der Waals surface area contributed by atoms with Gasteiger partial charge in [0.1, 0.15) is 5.75 Å². The molecule has 0 fully saturated rings. The highest BCUT2D eigenvalue weighted by molar-refractivity contribution is 6.30. The van der Waals surface area contributed by atoms with Gasteiger partial charge in [-0.3, -0.25) is 14.5 Å². The Hall–Kier alpha value is -2.58. The summed E-state index contributed by atoms with van der Waals surface area (Å²) in [4.78, 5) is 25.3. The molecule has 2 aromatic carbocycles. The lowest BCUT2D eigenvalue weighted by atomic mass is 10.0. The highest BCUT2D eigenvalue weighted by Gasteiger charge is 2.28. The molecule has 1 N–H and O–H groups in total. The molecule has 2 aromatic rings. The Labute approximate surface area is 177 Å². The SMILES string of the molecule is CN(CCCNC(=O)COc1ccc(C(=O)c2ccc(Cl)cc2)cc1)CC(F)(F)F. The Morgan fingerprint density at radius 3 is 2.17 bits per heavy atom. The molecule has 5 nitrogen and oxygen atoms in total. The topological polar surface area (TPSA) is 58.6 Å². The van der Waals surface area contributed by atoms with Gasteiger partial charge in [-0.1, -0.05) is 11.6 Å². The summed E-state index contributed by atoms with van der Waals surface area (Å²) in [5.74, 6) is -0.121. The molecule has 0 bridgehead atoms. The molecule has 0 aliphatic heterocycles. The number of rotatable bonds is 10. The molecule has 0 spiro atoms. The van der Waals surface area contributed by atoms with Gasteiger partial charge in [0.15, 0.2) is 12.4 Å². The van der Waals surface area contributed by atoms with Crippen molar-refractivity contribution in [2.45, 2.75) is 12.6 Å². The standard InChI is InChI=1S/C21H22ClF3N2O3/c1-27(14-21(23,24)25)12-2-11-26-19(28)13-30-18-9-5-16(6-10-18)20(29)15-3-7-17(22)8-4-15/h3-10H,2,11-14H2,1H3,(H,26,28). The summed E-state index contributed by atoms with van der Waals surface area (Å²) in [5.41, 5.74) is 0.977. The minimum Gasteiger partial charge on any atom is -0.484 e. The molecule has 0 atom stereocenters. The highest BCUT2D eigenvalue weighted by atomic mass is 35.5. The lowest BCUT2D eigenvalue weighted by Crippen LogP contribution is -2.34. The number of hydrogen-bond donors (Lipinski definition) is 1. The van der Waals surface area contributed by atoms with Crippen LogP contribution in [0, 0.1) is 0 Å². The van der Waals surface area contributed by atoms with Crippen LogP contribution >= 0.6 is 11.6 Å². The van der Waals surface area contributed by atoms with Gasteiger partial charge in [-0.15, -0.1) is 0 Å². The minimum absolute atomic E-state index is 0.161. The number of halogens is 4. The molecule has 0 radical (unpaired) electrons. The summed E-state index contributed by atoms with van der Waals surface area (Å²) in [6.07, 6.45) is -3.85. The first-order valence-electron chi connectivity index (χ1n) is 9.19. The molecule has 9 heteroatoms. The van der Waals surface area contributed by atoms with Gasteiger partial charge < -0.3 is 10.1 Å². The van der Waals surface area contributed by atoms with Gasteiger partial charge in [0.2, 0.25) is 0 Å². The van der Waals surface area contributed by atoms with E-state index in [-0.39, 0.29) is 31.4 Å². The molecule has 0 unspecified atom stereocenters. The fourth-order valence-electron chi connectivity index (χ4n) is 2.63. The van der Waals surface area contributed by atoms with E-state index in [0.717, 1.165) is 4.90 Å². The molecule has 0 saturated heterocycles. The molecular formula is C21H22ClF3N2O3. The van der Waals surface area contributed by atoms with E-state index in [0.29, 0.717) is 28.3 Å². The molecule has 0 heterocycles. The first-order valence-corrected chi connectivity index (χ1v) is 9.57. The van der Waals surface area contributed by atoms with Crippen molar-refractivity contribution in [3.05, 3.63) is 64.7 Å². The average molecular weight is 443 g/mol. The van der Waals surface area contributed by atoms with E-state index in [2.05, 4.69) is 5.32 Å². The quantitative estimate of drug-likeness (QED) is 0.447. The fraction of sp³-hybridized carbons (Fsp3) is 0.333. The largest absolute Gasteiger partial charge is 0.484 e. The summed E-state index contributed by atoms with van der Waals surface area (Å²) >= 11 is 5.82. The highest BCUT2D eigenvalue weighted by Crippen LogP contribution is 2.17. The monoisotopic (exact) mass is 442 g/mol. The molecule has 162 valence electrons. The van der Waals surface area contributed by atoms with Crippen LogP contribution in [0.2, 0.25) is 5.02 Å². The van der Waals surface area contributed by atoms with E-state index in [4.69, 9.17) is 16.3 Å². The van der Waals surface area contributed by atoms with Gasteiger partial charge in [0.25, 0.3) is 5.91 Å². The predicted octanol–water partition coefficient (Wildman–Crippen LogP) is 3.95. The van der Waals surface area contributed by atoms with E-state index in [9.17, 15) is 22.8 Å². The van der Waals surface area contributed by atoms with Crippen molar-refractivity contribution in [3.63, 3.8) is 0 Å². The molecule has 0 aliphatic carbocycles. The van der Waals surface area contributed by atoms with Crippen LogP contribution in [0.1, 0.15) is 22.3 Å². The van der Waals surface area contributed by atoms with Gasteiger partial charge in [0, 0.05) is 22.7 Å². The first kappa shape index (κ1) is 23.7. The summed E-state index contributed by atoms with van der Waals surface area (Å²) in [5, 5.41) is 3.13. The van der Waals surface area contributed by atoms with Crippen LogP contribution in [0.4, 0.5) is 13.2 Å². The summed E-state index contributed by atoms with van der Waals surface area (Å²) in [6, 6.07) is 12.9. The fourth-order valence-corrected chi connectivity index (χ4v) is 2.76. The van der Waals surface area contributed by atoms with Crippen LogP contribution in [-0.2, 0) is 4.79 Å². The number of nitrogens with one attached hydrogen (secondary N) is 1. The molecule has 1 amide bonds. The van der Waals surface area contributed by atoms with Crippen molar-refractivity contribution in [1.29, 1.82) is 0 Å². The van der Waals surface area contributed by atoms with Gasteiger partial charge in [-0.25, -0.2) is 0 Å². The van der Waals surface area contributed by atoms with E-state index in [1.807, 2.05) is 0 Å². The Morgan fingerprint density at radius 2 is 1.60 bits per heavy atom. The zero-order valence-corrected chi connectivity index (χ0v) is 17.1. The van der Waals surface area contributed by atoms with E-state index < -0.39 is 12.7 Å². The minimum atomic E-state index is -4.24. The van der Waals surface area contributed by atoms with Crippen molar-refractivity contribution >= 4 is 23.3 Å². The second kappa shape index (κ2) is 11.0. The van der Waals surface area contributed by atoms with Gasteiger partial charge in [-0.2, -0.15) is 13.2 Å². The number of ketones is 1. The zero-order valence-electron chi connectivity index (χ0n) is 16.3. The van der Waals surface area contributed by atoms with Crippen LogP contribution in [0.25, 0.3) is 0 Å². The Balaban J connectivity index is 1.71. The smallest absolute Gasteiger partial charge is 0.401 e. The van der Waals surface area contributed by atoms with Gasteiger partial charge in [-0.05, 0) is 68.5 Å². The number of carbonyl (C=O) groups is 2. The number of nitrogens with zero attached hydrogens (tertiary/aromatic N) is 1. The van der Waals surface area contributed by atoms with Crippen LogP contribution in [0.3, 0.4) is 0 Å². The average Bonchev–Trinajstić information content (AvgIpc) is 2.69. The number of carbonyl (C=O) groups excluding carboxylic acids is 2. The Morgan fingerprint density at radius 1 is 1.03 bits per heavy atom. The van der Waals surface area contributed by atoms with Crippen molar-refractivity contribution in [1.82, 2.24) is 10.2 Å². The normalized spacial score (nSPS) is 11.4.